The Morgan fingerprint density at radius 1 is 0.968 bits per heavy atom. The van der Waals surface area contributed by atoms with Crippen molar-refractivity contribution < 1.29 is 14.3 Å². The van der Waals surface area contributed by atoms with E-state index in [1.807, 2.05) is 60.7 Å². The highest BCUT2D eigenvalue weighted by Crippen LogP contribution is 2.33. The van der Waals surface area contributed by atoms with Crippen molar-refractivity contribution in [3.8, 4) is 5.75 Å². The standard InChI is InChI=1S/C25H20INO3S/c1-17-3-2-4-20(13-17)16-30-22-11-7-18(8-12-22)14-23-24(28)27(25(29)31-23)15-19-5-9-21(26)10-6-19/h2-14H,15-16H2,1H3/b23-14-. The lowest BCUT2D eigenvalue weighted by Gasteiger charge is -2.12. The maximum absolute atomic E-state index is 12.7. The van der Waals surface area contributed by atoms with Crippen molar-refractivity contribution in [2.24, 2.45) is 0 Å². The predicted octanol–water partition coefficient (Wildman–Crippen LogP) is 6.42. The average Bonchev–Trinajstić information content (AvgIpc) is 3.02. The Morgan fingerprint density at radius 3 is 2.42 bits per heavy atom. The molecule has 0 saturated carbocycles. The molecule has 4 rings (SSSR count). The third-order valence-electron chi connectivity index (χ3n) is 4.79. The third kappa shape index (κ3) is 5.57. The van der Waals surface area contributed by atoms with Gasteiger partial charge in [0, 0.05) is 3.57 Å². The number of hydrogen-bond donors (Lipinski definition) is 0. The molecule has 1 fully saturated rings. The Labute approximate surface area is 199 Å². The smallest absolute Gasteiger partial charge is 0.293 e. The van der Waals surface area contributed by atoms with Crippen LogP contribution >= 0.6 is 34.4 Å². The zero-order valence-electron chi connectivity index (χ0n) is 16.9. The van der Waals surface area contributed by atoms with E-state index in [2.05, 4.69) is 41.6 Å². The van der Waals surface area contributed by atoms with Gasteiger partial charge in [-0.1, -0.05) is 54.1 Å². The molecular formula is C25H20INO3S. The summed E-state index contributed by atoms with van der Waals surface area (Å²) in [4.78, 5) is 26.8. The molecule has 3 aromatic rings. The Kier molecular flexibility index (Phi) is 6.77. The van der Waals surface area contributed by atoms with Gasteiger partial charge < -0.3 is 4.74 Å². The molecule has 0 unspecified atom stereocenters. The maximum Gasteiger partial charge on any atom is 0.293 e. The number of benzene rings is 3. The minimum atomic E-state index is -0.256. The Hall–Kier alpha value is -2.58. The van der Waals surface area contributed by atoms with Gasteiger partial charge in [-0.3, -0.25) is 14.5 Å². The summed E-state index contributed by atoms with van der Waals surface area (Å²) >= 11 is 3.20. The van der Waals surface area contributed by atoms with E-state index in [4.69, 9.17) is 4.74 Å². The van der Waals surface area contributed by atoms with E-state index in [0.717, 1.165) is 37.8 Å². The van der Waals surface area contributed by atoms with E-state index >= 15 is 0 Å². The Balaban J connectivity index is 1.40. The van der Waals surface area contributed by atoms with E-state index < -0.39 is 0 Å². The second-order valence-electron chi connectivity index (χ2n) is 7.24. The summed E-state index contributed by atoms with van der Waals surface area (Å²) in [6.07, 6.45) is 1.75. The molecule has 0 N–H and O–H groups in total. The molecule has 1 aliphatic heterocycles. The average molecular weight is 541 g/mol. The topological polar surface area (TPSA) is 46.6 Å². The minimum absolute atomic E-state index is 0.243. The Morgan fingerprint density at radius 2 is 1.71 bits per heavy atom. The zero-order valence-corrected chi connectivity index (χ0v) is 19.9. The molecule has 0 radical (unpaired) electrons. The number of carbonyl (C=O) groups excluding carboxylic acids is 2. The van der Waals surface area contributed by atoms with Crippen LogP contribution in [0.5, 0.6) is 5.75 Å². The molecule has 3 aromatic carbocycles. The van der Waals surface area contributed by atoms with Crippen LogP contribution < -0.4 is 4.74 Å². The first-order valence-electron chi connectivity index (χ1n) is 9.76. The number of hydrogen-bond acceptors (Lipinski definition) is 4. The quantitative estimate of drug-likeness (QED) is 0.267. The molecule has 0 atom stereocenters. The van der Waals surface area contributed by atoms with Crippen LogP contribution in [-0.2, 0) is 17.9 Å². The fourth-order valence-electron chi connectivity index (χ4n) is 3.19. The lowest BCUT2D eigenvalue weighted by Crippen LogP contribution is -2.27. The predicted molar refractivity (Wildman–Crippen MR) is 133 cm³/mol. The highest BCUT2D eigenvalue weighted by atomic mass is 127. The van der Waals surface area contributed by atoms with Crippen LogP contribution in [0.1, 0.15) is 22.3 Å². The van der Waals surface area contributed by atoms with Crippen molar-refractivity contribution in [1.82, 2.24) is 4.90 Å². The number of nitrogens with zero attached hydrogens (tertiary/aromatic N) is 1. The number of ether oxygens (including phenoxy) is 1. The number of imide groups is 1. The van der Waals surface area contributed by atoms with Gasteiger partial charge in [0.05, 0.1) is 11.4 Å². The van der Waals surface area contributed by atoms with Crippen LogP contribution in [0.4, 0.5) is 4.79 Å². The lowest BCUT2D eigenvalue weighted by molar-refractivity contribution is -0.123. The van der Waals surface area contributed by atoms with E-state index in [1.165, 1.54) is 10.5 Å². The van der Waals surface area contributed by atoms with Gasteiger partial charge in [-0.25, -0.2) is 0 Å². The van der Waals surface area contributed by atoms with E-state index in [0.29, 0.717) is 11.5 Å². The van der Waals surface area contributed by atoms with E-state index in [-0.39, 0.29) is 17.7 Å². The second-order valence-corrected chi connectivity index (χ2v) is 9.48. The normalized spacial score (nSPS) is 15.0. The first kappa shape index (κ1) is 21.6. The van der Waals surface area contributed by atoms with Gasteiger partial charge in [0.2, 0.25) is 0 Å². The van der Waals surface area contributed by atoms with Crippen molar-refractivity contribution in [2.45, 2.75) is 20.1 Å². The lowest BCUT2D eigenvalue weighted by atomic mass is 10.1. The molecule has 31 heavy (non-hydrogen) atoms. The monoisotopic (exact) mass is 541 g/mol. The van der Waals surface area contributed by atoms with Gasteiger partial charge in [0.15, 0.2) is 0 Å². The molecule has 2 amide bonds. The largest absolute Gasteiger partial charge is 0.489 e. The molecule has 156 valence electrons. The number of thioether (sulfide) groups is 1. The van der Waals surface area contributed by atoms with Gasteiger partial charge in [-0.2, -0.15) is 0 Å². The van der Waals surface area contributed by atoms with Crippen LogP contribution in [-0.4, -0.2) is 16.0 Å². The molecule has 4 nitrogen and oxygen atoms in total. The third-order valence-corrected chi connectivity index (χ3v) is 6.42. The number of rotatable bonds is 6. The zero-order chi connectivity index (χ0) is 21.8. The molecule has 0 aromatic heterocycles. The van der Waals surface area contributed by atoms with Crippen molar-refractivity contribution in [2.75, 3.05) is 0 Å². The minimum Gasteiger partial charge on any atom is -0.489 e. The van der Waals surface area contributed by atoms with Gasteiger partial charge in [0.1, 0.15) is 12.4 Å². The van der Waals surface area contributed by atoms with Crippen molar-refractivity contribution >= 4 is 51.6 Å². The summed E-state index contributed by atoms with van der Waals surface area (Å²) < 4.78 is 6.96. The summed E-state index contributed by atoms with van der Waals surface area (Å²) in [5.41, 5.74) is 4.10. The number of amides is 2. The molecule has 1 heterocycles. The van der Waals surface area contributed by atoms with Gasteiger partial charge in [-0.15, -0.1) is 0 Å². The van der Waals surface area contributed by atoms with E-state index in [1.54, 1.807) is 6.08 Å². The SMILES string of the molecule is Cc1cccc(COc2ccc(/C=C3\SC(=O)N(Cc4ccc(I)cc4)C3=O)cc2)c1. The summed E-state index contributed by atoms with van der Waals surface area (Å²) in [6.45, 7) is 2.84. The summed E-state index contributed by atoms with van der Waals surface area (Å²) in [7, 11) is 0. The molecule has 6 heteroatoms. The van der Waals surface area contributed by atoms with Crippen molar-refractivity contribution in [3.05, 3.63) is 104 Å². The summed E-state index contributed by atoms with van der Waals surface area (Å²) in [5, 5.41) is -0.243. The molecule has 0 spiro atoms. The number of halogens is 1. The van der Waals surface area contributed by atoms with Gasteiger partial charge >= 0.3 is 0 Å². The molecule has 1 aliphatic rings. The number of aryl methyl sites for hydroxylation is 1. The molecule has 0 bridgehead atoms. The fourth-order valence-corrected chi connectivity index (χ4v) is 4.39. The molecule has 0 aliphatic carbocycles. The van der Waals surface area contributed by atoms with Gasteiger partial charge in [-0.05, 0) is 88.3 Å². The molecular weight excluding hydrogens is 521 g/mol. The second kappa shape index (κ2) is 9.70. The van der Waals surface area contributed by atoms with Crippen LogP contribution in [0.15, 0.2) is 77.7 Å². The fraction of sp³-hybridized carbons (Fsp3) is 0.120. The van der Waals surface area contributed by atoms with Gasteiger partial charge in [0.25, 0.3) is 11.1 Å². The molecule has 1 saturated heterocycles. The first-order chi connectivity index (χ1) is 15.0. The van der Waals surface area contributed by atoms with Crippen molar-refractivity contribution in [1.29, 1.82) is 0 Å². The highest BCUT2D eigenvalue weighted by molar-refractivity contribution is 14.1. The summed E-state index contributed by atoms with van der Waals surface area (Å²) in [5.74, 6) is 0.499. The maximum atomic E-state index is 12.7. The van der Waals surface area contributed by atoms with Crippen LogP contribution in [0.25, 0.3) is 6.08 Å². The van der Waals surface area contributed by atoms with Crippen LogP contribution in [0.2, 0.25) is 0 Å². The first-order valence-corrected chi connectivity index (χ1v) is 11.7. The number of carbonyl (C=O) groups is 2. The van der Waals surface area contributed by atoms with Crippen molar-refractivity contribution in [3.63, 3.8) is 0 Å². The summed E-state index contributed by atoms with van der Waals surface area (Å²) in [6, 6.07) is 23.5. The van der Waals surface area contributed by atoms with Crippen LogP contribution in [0, 0.1) is 10.5 Å². The highest BCUT2D eigenvalue weighted by Gasteiger charge is 2.34. The van der Waals surface area contributed by atoms with E-state index in [9.17, 15) is 9.59 Å². The Bertz CT molecular complexity index is 1140. The van der Waals surface area contributed by atoms with Crippen LogP contribution in [0.3, 0.4) is 0 Å².